The van der Waals surface area contributed by atoms with Crippen molar-refractivity contribution in [2.45, 2.75) is 38.8 Å². The molecule has 1 N–H and O–H groups in total. The van der Waals surface area contributed by atoms with Crippen molar-refractivity contribution in [1.82, 2.24) is 10.3 Å². The molecule has 3 heteroatoms. The molecule has 16 heavy (non-hydrogen) atoms. The van der Waals surface area contributed by atoms with Crippen molar-refractivity contribution >= 4 is 0 Å². The highest BCUT2D eigenvalue weighted by Crippen LogP contribution is 2.18. The predicted octanol–water partition coefficient (Wildman–Crippen LogP) is 2.05. The van der Waals surface area contributed by atoms with Crippen molar-refractivity contribution in [2.24, 2.45) is 0 Å². The summed E-state index contributed by atoms with van der Waals surface area (Å²) in [6.45, 7) is 6.82. The van der Waals surface area contributed by atoms with E-state index in [2.05, 4.69) is 29.4 Å². The molecule has 1 aromatic rings. The molecule has 88 valence electrons. The van der Waals surface area contributed by atoms with Crippen LogP contribution in [0.5, 0.6) is 0 Å². The van der Waals surface area contributed by atoms with E-state index in [-0.39, 0.29) is 5.54 Å². The minimum atomic E-state index is 0.128. The van der Waals surface area contributed by atoms with Crippen LogP contribution in [-0.2, 0) is 11.3 Å². The first-order chi connectivity index (χ1) is 7.68. The molecule has 1 atom stereocenters. The Morgan fingerprint density at radius 2 is 2.38 bits per heavy atom. The van der Waals surface area contributed by atoms with Gasteiger partial charge in [0.15, 0.2) is 0 Å². The average Bonchev–Trinajstić information content (AvgIpc) is 2.29. The lowest BCUT2D eigenvalue weighted by Crippen LogP contribution is -2.48. The zero-order chi connectivity index (χ0) is 11.4. The third-order valence-corrected chi connectivity index (χ3v) is 3.13. The molecule has 2 heterocycles. The number of aryl methyl sites for hydroxylation is 1. The number of pyridine rings is 1. The highest BCUT2D eigenvalue weighted by molar-refractivity contribution is 5.13. The molecule has 0 saturated carbocycles. The van der Waals surface area contributed by atoms with Crippen molar-refractivity contribution in [3.05, 3.63) is 29.6 Å². The quantitative estimate of drug-likeness (QED) is 0.846. The van der Waals surface area contributed by atoms with Gasteiger partial charge in [-0.3, -0.25) is 4.98 Å². The molecule has 0 amide bonds. The fourth-order valence-electron chi connectivity index (χ4n) is 1.99. The summed E-state index contributed by atoms with van der Waals surface area (Å²) >= 11 is 0. The summed E-state index contributed by atoms with van der Waals surface area (Å²) in [5.41, 5.74) is 2.43. The SMILES string of the molecule is Cc1ccc(CNC2(C)CCCOC2)cn1. The average molecular weight is 220 g/mol. The highest BCUT2D eigenvalue weighted by Gasteiger charge is 2.26. The van der Waals surface area contributed by atoms with Crippen molar-refractivity contribution in [2.75, 3.05) is 13.2 Å². The summed E-state index contributed by atoms with van der Waals surface area (Å²) < 4.78 is 5.51. The van der Waals surface area contributed by atoms with E-state index in [9.17, 15) is 0 Å². The second kappa shape index (κ2) is 4.93. The molecule has 3 nitrogen and oxygen atoms in total. The third-order valence-electron chi connectivity index (χ3n) is 3.13. The Balaban J connectivity index is 1.88. The number of nitrogens with one attached hydrogen (secondary N) is 1. The summed E-state index contributed by atoms with van der Waals surface area (Å²) in [4.78, 5) is 4.29. The van der Waals surface area contributed by atoms with Crippen LogP contribution in [0.4, 0.5) is 0 Å². The molecule has 0 radical (unpaired) electrons. The standard InChI is InChI=1S/C13H20N2O/c1-11-4-5-12(8-14-11)9-15-13(2)6-3-7-16-10-13/h4-5,8,15H,3,6-7,9-10H2,1-2H3. The Bertz CT molecular complexity index is 328. The van der Waals surface area contributed by atoms with Gasteiger partial charge in [-0.1, -0.05) is 6.07 Å². The predicted molar refractivity (Wildman–Crippen MR) is 64.3 cm³/mol. The number of ether oxygens (including phenoxy) is 1. The van der Waals surface area contributed by atoms with Crippen molar-refractivity contribution in [3.8, 4) is 0 Å². The van der Waals surface area contributed by atoms with E-state index in [0.29, 0.717) is 0 Å². The number of nitrogens with zero attached hydrogens (tertiary/aromatic N) is 1. The monoisotopic (exact) mass is 220 g/mol. The van der Waals surface area contributed by atoms with Crippen LogP contribution in [0.15, 0.2) is 18.3 Å². The first kappa shape index (κ1) is 11.6. The Labute approximate surface area is 97.2 Å². The van der Waals surface area contributed by atoms with Crippen molar-refractivity contribution in [1.29, 1.82) is 0 Å². The van der Waals surface area contributed by atoms with Gasteiger partial charge in [0.1, 0.15) is 0 Å². The van der Waals surface area contributed by atoms with E-state index in [1.165, 1.54) is 12.0 Å². The minimum Gasteiger partial charge on any atom is -0.380 e. The summed E-state index contributed by atoms with van der Waals surface area (Å²) in [6, 6.07) is 4.18. The molecule has 1 aliphatic heterocycles. The molecule has 0 aromatic carbocycles. The zero-order valence-corrected chi connectivity index (χ0v) is 10.1. The minimum absolute atomic E-state index is 0.128. The van der Waals surface area contributed by atoms with Gasteiger partial charge in [0, 0.05) is 30.6 Å². The summed E-state index contributed by atoms with van der Waals surface area (Å²) in [5, 5.41) is 3.57. The van der Waals surface area contributed by atoms with Gasteiger partial charge in [-0.15, -0.1) is 0 Å². The molecule has 0 bridgehead atoms. The molecule has 1 aliphatic rings. The lowest BCUT2D eigenvalue weighted by molar-refractivity contribution is 0.0278. The smallest absolute Gasteiger partial charge is 0.0645 e. The number of rotatable bonds is 3. The lowest BCUT2D eigenvalue weighted by atomic mass is 9.94. The highest BCUT2D eigenvalue weighted by atomic mass is 16.5. The maximum absolute atomic E-state index is 5.51. The lowest BCUT2D eigenvalue weighted by Gasteiger charge is -2.34. The van der Waals surface area contributed by atoms with Gasteiger partial charge in [-0.05, 0) is 38.3 Å². The number of aromatic nitrogens is 1. The Hall–Kier alpha value is -0.930. The number of hydrogen-bond acceptors (Lipinski definition) is 3. The Morgan fingerprint density at radius 1 is 1.50 bits per heavy atom. The van der Waals surface area contributed by atoms with E-state index >= 15 is 0 Å². The van der Waals surface area contributed by atoms with E-state index in [4.69, 9.17) is 4.74 Å². The second-order valence-corrected chi connectivity index (χ2v) is 4.88. The van der Waals surface area contributed by atoms with Crippen LogP contribution < -0.4 is 5.32 Å². The molecule has 1 saturated heterocycles. The van der Waals surface area contributed by atoms with Gasteiger partial charge in [-0.2, -0.15) is 0 Å². The van der Waals surface area contributed by atoms with Crippen molar-refractivity contribution in [3.63, 3.8) is 0 Å². The zero-order valence-electron chi connectivity index (χ0n) is 10.1. The van der Waals surface area contributed by atoms with Crippen LogP contribution in [0.1, 0.15) is 31.0 Å². The van der Waals surface area contributed by atoms with Gasteiger partial charge in [0.2, 0.25) is 0 Å². The Kier molecular flexibility index (Phi) is 3.56. The topological polar surface area (TPSA) is 34.1 Å². The van der Waals surface area contributed by atoms with Crippen molar-refractivity contribution < 1.29 is 4.74 Å². The molecule has 1 unspecified atom stereocenters. The summed E-state index contributed by atoms with van der Waals surface area (Å²) in [6.07, 6.45) is 4.28. The van der Waals surface area contributed by atoms with Crippen LogP contribution in [-0.4, -0.2) is 23.7 Å². The second-order valence-electron chi connectivity index (χ2n) is 4.88. The molecule has 1 fully saturated rings. The van der Waals surface area contributed by atoms with Crippen LogP contribution in [0.2, 0.25) is 0 Å². The van der Waals surface area contributed by atoms with Crippen LogP contribution in [0, 0.1) is 6.92 Å². The molecule has 2 rings (SSSR count). The fourth-order valence-corrected chi connectivity index (χ4v) is 1.99. The summed E-state index contributed by atoms with van der Waals surface area (Å²) in [7, 11) is 0. The molecule has 0 aliphatic carbocycles. The van der Waals surface area contributed by atoms with Gasteiger partial charge < -0.3 is 10.1 Å². The van der Waals surface area contributed by atoms with Crippen LogP contribution >= 0.6 is 0 Å². The first-order valence-electron chi connectivity index (χ1n) is 5.92. The van der Waals surface area contributed by atoms with E-state index in [0.717, 1.165) is 31.9 Å². The van der Waals surface area contributed by atoms with E-state index < -0.39 is 0 Å². The molecule has 0 spiro atoms. The fraction of sp³-hybridized carbons (Fsp3) is 0.615. The van der Waals surface area contributed by atoms with Gasteiger partial charge in [0.05, 0.1) is 6.61 Å². The van der Waals surface area contributed by atoms with E-state index in [1.54, 1.807) is 0 Å². The van der Waals surface area contributed by atoms with Crippen LogP contribution in [0.3, 0.4) is 0 Å². The largest absolute Gasteiger partial charge is 0.380 e. The van der Waals surface area contributed by atoms with Gasteiger partial charge in [0.25, 0.3) is 0 Å². The maximum Gasteiger partial charge on any atom is 0.0645 e. The first-order valence-corrected chi connectivity index (χ1v) is 5.92. The summed E-state index contributed by atoms with van der Waals surface area (Å²) in [5.74, 6) is 0. The number of hydrogen-bond donors (Lipinski definition) is 1. The maximum atomic E-state index is 5.51. The van der Waals surface area contributed by atoms with E-state index in [1.807, 2.05) is 13.1 Å². The molecule has 1 aromatic heterocycles. The molecular weight excluding hydrogens is 200 g/mol. The van der Waals surface area contributed by atoms with Crippen LogP contribution in [0.25, 0.3) is 0 Å². The van der Waals surface area contributed by atoms with Gasteiger partial charge in [-0.25, -0.2) is 0 Å². The molecular formula is C13H20N2O. The van der Waals surface area contributed by atoms with Gasteiger partial charge >= 0.3 is 0 Å². The third kappa shape index (κ3) is 3.03. The normalized spacial score (nSPS) is 25.6. The Morgan fingerprint density at radius 3 is 3.00 bits per heavy atom.